The van der Waals surface area contributed by atoms with Crippen LogP contribution in [0.1, 0.15) is 23.7 Å². The van der Waals surface area contributed by atoms with E-state index in [-0.39, 0.29) is 10.8 Å². The molecule has 0 radical (unpaired) electrons. The van der Waals surface area contributed by atoms with Gasteiger partial charge >= 0.3 is 0 Å². The number of benzene rings is 2. The number of carbonyl (C=O) groups excluding carboxylic acids is 1. The largest absolute Gasteiger partial charge is 0.382 e. The summed E-state index contributed by atoms with van der Waals surface area (Å²) in [7, 11) is -0.616. The molecular formula is C21H26N4O4S. The van der Waals surface area contributed by atoms with Crippen LogP contribution in [0.2, 0.25) is 0 Å². The van der Waals surface area contributed by atoms with Crippen LogP contribution in [0.3, 0.4) is 0 Å². The predicted molar refractivity (Wildman–Crippen MR) is 116 cm³/mol. The van der Waals surface area contributed by atoms with Crippen LogP contribution in [0.5, 0.6) is 0 Å². The van der Waals surface area contributed by atoms with Crippen LogP contribution in [0.15, 0.2) is 53.4 Å². The maximum Gasteiger partial charge on any atom is 0.257 e. The highest BCUT2D eigenvalue weighted by Gasteiger charge is 2.18. The lowest BCUT2D eigenvalue weighted by atomic mass is 10.2. The van der Waals surface area contributed by atoms with E-state index in [1.165, 1.54) is 38.4 Å². The van der Waals surface area contributed by atoms with Gasteiger partial charge in [-0.25, -0.2) is 17.7 Å². The smallest absolute Gasteiger partial charge is 0.257 e. The first kappa shape index (κ1) is 21.9. The second-order valence-corrected chi connectivity index (χ2v) is 9.04. The van der Waals surface area contributed by atoms with E-state index in [9.17, 15) is 13.2 Å². The van der Waals surface area contributed by atoms with Gasteiger partial charge < -0.3 is 9.30 Å². The summed E-state index contributed by atoms with van der Waals surface area (Å²) < 4.78 is 32.9. The molecule has 0 fully saturated rings. The number of carbonyl (C=O) groups is 1. The number of nitrogens with zero attached hydrogens (tertiary/aromatic N) is 3. The molecule has 0 aliphatic rings. The summed E-state index contributed by atoms with van der Waals surface area (Å²) in [4.78, 5) is 17.4. The van der Waals surface area contributed by atoms with Gasteiger partial charge in [0.15, 0.2) is 0 Å². The van der Waals surface area contributed by atoms with Gasteiger partial charge in [0.2, 0.25) is 16.0 Å². The van der Waals surface area contributed by atoms with E-state index in [1.54, 1.807) is 0 Å². The number of imidazole rings is 1. The van der Waals surface area contributed by atoms with E-state index in [0.717, 1.165) is 21.8 Å². The molecule has 0 saturated heterocycles. The molecule has 1 N–H and O–H groups in total. The Morgan fingerprint density at radius 1 is 1.13 bits per heavy atom. The van der Waals surface area contributed by atoms with E-state index < -0.39 is 10.0 Å². The molecule has 1 heterocycles. The Labute approximate surface area is 176 Å². The van der Waals surface area contributed by atoms with Gasteiger partial charge in [0, 0.05) is 39.4 Å². The van der Waals surface area contributed by atoms with E-state index >= 15 is 0 Å². The maximum atomic E-state index is 12.8. The van der Waals surface area contributed by atoms with Crippen molar-refractivity contribution in [2.75, 3.05) is 32.6 Å². The number of hydrogen-bond donors (Lipinski definition) is 1. The Morgan fingerprint density at radius 3 is 2.50 bits per heavy atom. The van der Waals surface area contributed by atoms with Crippen molar-refractivity contribution in [2.45, 2.75) is 24.8 Å². The van der Waals surface area contributed by atoms with Crippen molar-refractivity contribution < 1.29 is 17.9 Å². The number of sulfonamides is 1. The van der Waals surface area contributed by atoms with Crippen LogP contribution >= 0.6 is 0 Å². The minimum absolute atomic E-state index is 0.132. The van der Waals surface area contributed by atoms with Crippen molar-refractivity contribution in [1.29, 1.82) is 0 Å². The van der Waals surface area contributed by atoms with Crippen molar-refractivity contribution in [1.82, 2.24) is 13.9 Å². The molecule has 3 aromatic rings. The Kier molecular flexibility index (Phi) is 6.86. The van der Waals surface area contributed by atoms with Gasteiger partial charge in [0.1, 0.15) is 0 Å². The quantitative estimate of drug-likeness (QED) is 0.527. The zero-order valence-electron chi connectivity index (χ0n) is 17.3. The number of hydrogen-bond acceptors (Lipinski definition) is 5. The minimum atomic E-state index is -3.54. The Hall–Kier alpha value is -2.75. The lowest BCUT2D eigenvalue weighted by Gasteiger charge is -2.12. The van der Waals surface area contributed by atoms with Gasteiger partial charge in [-0.2, -0.15) is 0 Å². The number of fused-ring (bicyclic) bond motifs is 1. The van der Waals surface area contributed by atoms with Gasteiger partial charge in [0.05, 0.1) is 15.9 Å². The topological polar surface area (TPSA) is 93.5 Å². The molecule has 0 unspecified atom stereocenters. The molecule has 2 aromatic carbocycles. The molecule has 0 bridgehead atoms. The molecule has 0 atom stereocenters. The first-order valence-electron chi connectivity index (χ1n) is 9.71. The number of ether oxygens (including phenoxy) is 1. The van der Waals surface area contributed by atoms with Crippen molar-refractivity contribution in [3.8, 4) is 0 Å². The molecule has 0 aliphatic carbocycles. The van der Waals surface area contributed by atoms with Gasteiger partial charge in [0.25, 0.3) is 5.91 Å². The Balaban J connectivity index is 1.82. The van der Waals surface area contributed by atoms with Crippen LogP contribution in [0, 0.1) is 0 Å². The molecular weight excluding hydrogens is 404 g/mol. The number of aryl methyl sites for hydroxylation is 1. The fourth-order valence-electron chi connectivity index (χ4n) is 3.03. The molecule has 1 amide bonds. The summed E-state index contributed by atoms with van der Waals surface area (Å²) in [6.07, 6.45) is 0.786. The van der Waals surface area contributed by atoms with E-state index in [4.69, 9.17) is 4.74 Å². The van der Waals surface area contributed by atoms with Crippen LogP contribution in [-0.2, 0) is 21.3 Å². The molecule has 8 nitrogen and oxygen atoms in total. The summed E-state index contributed by atoms with van der Waals surface area (Å²) in [5.41, 5.74) is 2.06. The van der Waals surface area contributed by atoms with Gasteiger partial charge in [-0.1, -0.05) is 12.1 Å². The fraction of sp³-hybridized carbons (Fsp3) is 0.333. The first-order chi connectivity index (χ1) is 14.3. The number of para-hydroxylation sites is 2. The average molecular weight is 431 g/mol. The second kappa shape index (κ2) is 9.38. The standard InChI is InChI=1S/C21H26N4O4S/c1-4-29-15-7-14-25-19-9-6-5-8-18(19)22-21(25)23-20(26)16-10-12-17(13-11-16)30(27,28)24(2)3/h5-6,8-13H,4,7,14-15H2,1-3H3,(H,22,23,26). The third-order valence-electron chi connectivity index (χ3n) is 4.65. The van der Waals surface area contributed by atoms with Crippen LogP contribution < -0.4 is 5.32 Å². The highest BCUT2D eigenvalue weighted by Crippen LogP contribution is 2.21. The lowest BCUT2D eigenvalue weighted by molar-refractivity contribution is 0.102. The zero-order valence-corrected chi connectivity index (χ0v) is 18.1. The van der Waals surface area contributed by atoms with Crippen LogP contribution in [0.25, 0.3) is 11.0 Å². The molecule has 0 aliphatic heterocycles. The molecule has 1 aromatic heterocycles. The number of nitrogens with one attached hydrogen (secondary N) is 1. The summed E-state index contributed by atoms with van der Waals surface area (Å²) in [6.45, 7) is 3.88. The third-order valence-corrected chi connectivity index (χ3v) is 6.48. The van der Waals surface area contributed by atoms with Gasteiger partial charge in [-0.3, -0.25) is 10.1 Å². The van der Waals surface area contributed by atoms with Gasteiger partial charge in [-0.05, 0) is 49.7 Å². The predicted octanol–water partition coefficient (Wildman–Crippen LogP) is 2.97. The third kappa shape index (κ3) is 4.69. The lowest BCUT2D eigenvalue weighted by Crippen LogP contribution is -2.22. The molecule has 3 rings (SSSR count). The highest BCUT2D eigenvalue weighted by atomic mass is 32.2. The van der Waals surface area contributed by atoms with Crippen molar-refractivity contribution in [3.63, 3.8) is 0 Å². The molecule has 0 saturated carbocycles. The Bertz CT molecular complexity index is 1120. The van der Waals surface area contributed by atoms with E-state index in [2.05, 4.69) is 10.3 Å². The Morgan fingerprint density at radius 2 is 1.83 bits per heavy atom. The van der Waals surface area contributed by atoms with Crippen molar-refractivity contribution >= 4 is 32.9 Å². The monoisotopic (exact) mass is 430 g/mol. The van der Waals surface area contributed by atoms with Crippen LogP contribution in [-0.4, -0.2) is 55.5 Å². The number of rotatable bonds is 9. The first-order valence-corrected chi connectivity index (χ1v) is 11.2. The molecule has 9 heteroatoms. The zero-order chi connectivity index (χ0) is 21.7. The fourth-order valence-corrected chi connectivity index (χ4v) is 3.93. The van der Waals surface area contributed by atoms with Crippen molar-refractivity contribution in [3.05, 3.63) is 54.1 Å². The number of amides is 1. The van der Waals surface area contributed by atoms with Gasteiger partial charge in [-0.15, -0.1) is 0 Å². The minimum Gasteiger partial charge on any atom is -0.382 e. The highest BCUT2D eigenvalue weighted by molar-refractivity contribution is 7.89. The second-order valence-electron chi connectivity index (χ2n) is 6.89. The average Bonchev–Trinajstić information content (AvgIpc) is 3.08. The normalized spacial score (nSPS) is 11.9. The van der Waals surface area contributed by atoms with E-state index in [1.807, 2.05) is 35.8 Å². The summed E-state index contributed by atoms with van der Waals surface area (Å²) in [5.74, 6) is 0.0906. The maximum absolute atomic E-state index is 12.8. The summed E-state index contributed by atoms with van der Waals surface area (Å²) in [5, 5.41) is 2.85. The summed E-state index contributed by atoms with van der Waals surface area (Å²) in [6, 6.07) is 13.5. The number of aromatic nitrogens is 2. The van der Waals surface area contributed by atoms with Crippen LogP contribution in [0.4, 0.5) is 5.95 Å². The number of anilines is 1. The van der Waals surface area contributed by atoms with Crippen molar-refractivity contribution in [2.24, 2.45) is 0 Å². The molecule has 0 spiro atoms. The van der Waals surface area contributed by atoms with E-state index in [0.29, 0.717) is 31.3 Å². The summed E-state index contributed by atoms with van der Waals surface area (Å²) >= 11 is 0. The molecule has 160 valence electrons. The SMILES string of the molecule is CCOCCCn1c(NC(=O)c2ccc(S(=O)(=O)N(C)C)cc2)nc2ccccc21. The molecule has 30 heavy (non-hydrogen) atoms.